The third-order valence-corrected chi connectivity index (χ3v) is 4.37. The highest BCUT2D eigenvalue weighted by molar-refractivity contribution is 6.35. The van der Waals surface area contributed by atoms with Gasteiger partial charge in [0.05, 0.1) is 5.02 Å². The molecule has 21 heavy (non-hydrogen) atoms. The molecule has 0 bridgehead atoms. The van der Waals surface area contributed by atoms with Gasteiger partial charge in [0.1, 0.15) is 5.75 Å². The summed E-state index contributed by atoms with van der Waals surface area (Å²) in [6, 6.07) is 14.2. The largest absolute Gasteiger partial charge is 0.469 e. The number of halogens is 2. The third-order valence-electron chi connectivity index (χ3n) is 3.84. The van der Waals surface area contributed by atoms with Gasteiger partial charge in [0.2, 0.25) is 0 Å². The summed E-state index contributed by atoms with van der Waals surface area (Å²) in [5.74, 6) is 0.658. The molecule has 0 amide bonds. The molecule has 0 fully saturated rings. The molecule has 0 spiro atoms. The van der Waals surface area contributed by atoms with E-state index in [1.807, 2.05) is 13.0 Å². The SMILES string of the molecule is CC1Cc2ccccc2N1C(C)Oc1ccc(Cl)cc1Cl. The molecule has 0 aromatic heterocycles. The molecule has 2 aromatic rings. The number of hydrogen-bond acceptors (Lipinski definition) is 2. The Morgan fingerprint density at radius 2 is 1.95 bits per heavy atom. The normalized spacial score (nSPS) is 18.5. The Labute approximate surface area is 135 Å². The molecular weight excluding hydrogens is 305 g/mol. The van der Waals surface area contributed by atoms with Crippen LogP contribution in [0.4, 0.5) is 5.69 Å². The molecule has 0 radical (unpaired) electrons. The minimum atomic E-state index is -0.0951. The first-order chi connectivity index (χ1) is 10.1. The summed E-state index contributed by atoms with van der Waals surface area (Å²) in [5, 5.41) is 1.15. The zero-order valence-corrected chi connectivity index (χ0v) is 13.5. The van der Waals surface area contributed by atoms with Crippen LogP contribution in [0, 0.1) is 0 Å². The van der Waals surface area contributed by atoms with Crippen molar-refractivity contribution in [1.29, 1.82) is 0 Å². The van der Waals surface area contributed by atoms with Crippen molar-refractivity contribution in [3.63, 3.8) is 0 Å². The molecule has 1 aliphatic rings. The van der Waals surface area contributed by atoms with Crippen LogP contribution in [-0.4, -0.2) is 12.3 Å². The first-order valence-corrected chi connectivity index (χ1v) is 7.80. The van der Waals surface area contributed by atoms with Crippen molar-refractivity contribution < 1.29 is 4.74 Å². The number of anilines is 1. The predicted molar refractivity (Wildman–Crippen MR) is 88.6 cm³/mol. The lowest BCUT2D eigenvalue weighted by Gasteiger charge is -2.32. The van der Waals surface area contributed by atoms with Crippen LogP contribution in [0.25, 0.3) is 0 Å². The fourth-order valence-corrected chi connectivity index (χ4v) is 3.41. The van der Waals surface area contributed by atoms with E-state index in [1.165, 1.54) is 11.3 Å². The zero-order chi connectivity index (χ0) is 15.0. The fraction of sp³-hybridized carbons (Fsp3) is 0.294. The number of ether oxygens (including phenoxy) is 1. The molecule has 0 saturated heterocycles. The van der Waals surface area contributed by atoms with Crippen molar-refractivity contribution in [3.05, 3.63) is 58.1 Å². The van der Waals surface area contributed by atoms with Gasteiger partial charge < -0.3 is 9.64 Å². The van der Waals surface area contributed by atoms with E-state index in [0.717, 1.165) is 6.42 Å². The number of nitrogens with zero attached hydrogens (tertiary/aromatic N) is 1. The van der Waals surface area contributed by atoms with Crippen LogP contribution < -0.4 is 9.64 Å². The van der Waals surface area contributed by atoms with Gasteiger partial charge in [-0.05, 0) is 50.1 Å². The summed E-state index contributed by atoms with van der Waals surface area (Å²) >= 11 is 12.1. The van der Waals surface area contributed by atoms with Crippen LogP contribution in [-0.2, 0) is 6.42 Å². The highest BCUT2D eigenvalue weighted by Crippen LogP contribution is 2.35. The Kier molecular flexibility index (Phi) is 4.01. The van der Waals surface area contributed by atoms with Crippen LogP contribution in [0.15, 0.2) is 42.5 Å². The smallest absolute Gasteiger partial charge is 0.169 e. The van der Waals surface area contributed by atoms with Gasteiger partial charge in [0.25, 0.3) is 0 Å². The van der Waals surface area contributed by atoms with Crippen LogP contribution in [0.1, 0.15) is 19.4 Å². The van der Waals surface area contributed by atoms with Crippen molar-refractivity contribution in [2.24, 2.45) is 0 Å². The van der Waals surface area contributed by atoms with E-state index in [-0.39, 0.29) is 6.23 Å². The molecular formula is C17H17Cl2NO. The van der Waals surface area contributed by atoms with E-state index in [0.29, 0.717) is 21.8 Å². The van der Waals surface area contributed by atoms with Gasteiger partial charge >= 0.3 is 0 Å². The molecule has 2 aromatic carbocycles. The molecule has 0 aliphatic carbocycles. The predicted octanol–water partition coefficient (Wildman–Crippen LogP) is 5.17. The Bertz CT molecular complexity index is 659. The van der Waals surface area contributed by atoms with Gasteiger partial charge in [-0.1, -0.05) is 41.4 Å². The van der Waals surface area contributed by atoms with Gasteiger partial charge in [-0.3, -0.25) is 0 Å². The van der Waals surface area contributed by atoms with Gasteiger partial charge in [0.15, 0.2) is 6.23 Å². The van der Waals surface area contributed by atoms with Crippen molar-refractivity contribution in [2.75, 3.05) is 4.90 Å². The molecule has 4 heteroatoms. The van der Waals surface area contributed by atoms with E-state index >= 15 is 0 Å². The Morgan fingerprint density at radius 3 is 2.71 bits per heavy atom. The van der Waals surface area contributed by atoms with Crippen LogP contribution in [0.5, 0.6) is 5.75 Å². The highest BCUT2D eigenvalue weighted by atomic mass is 35.5. The number of fused-ring (bicyclic) bond motifs is 1. The molecule has 2 nitrogen and oxygen atoms in total. The van der Waals surface area contributed by atoms with Gasteiger partial charge in [-0.2, -0.15) is 0 Å². The maximum atomic E-state index is 6.19. The number of rotatable bonds is 3. The minimum Gasteiger partial charge on any atom is -0.469 e. The third kappa shape index (κ3) is 2.83. The molecule has 0 saturated carbocycles. The minimum absolute atomic E-state index is 0.0951. The lowest BCUT2D eigenvalue weighted by Crippen LogP contribution is -2.41. The zero-order valence-electron chi connectivity index (χ0n) is 12.0. The maximum absolute atomic E-state index is 6.19. The van der Waals surface area contributed by atoms with Crippen molar-refractivity contribution in [3.8, 4) is 5.75 Å². The van der Waals surface area contributed by atoms with E-state index in [1.54, 1.807) is 12.1 Å². The molecule has 1 aliphatic heterocycles. The fourth-order valence-electron chi connectivity index (χ4n) is 2.95. The Balaban J connectivity index is 1.84. The Hall–Kier alpha value is -1.38. The first-order valence-electron chi connectivity index (χ1n) is 7.04. The standard InChI is InChI=1S/C17H17Cl2NO/c1-11-9-13-5-3-4-6-16(13)20(11)12(2)21-17-8-7-14(18)10-15(17)19/h3-8,10-12H,9H2,1-2H3. The Morgan fingerprint density at radius 1 is 1.19 bits per heavy atom. The summed E-state index contributed by atoms with van der Waals surface area (Å²) in [6.45, 7) is 4.26. The van der Waals surface area contributed by atoms with E-state index < -0.39 is 0 Å². The number of para-hydroxylation sites is 1. The summed E-state index contributed by atoms with van der Waals surface area (Å²) in [7, 11) is 0. The van der Waals surface area contributed by atoms with Crippen LogP contribution in [0.3, 0.4) is 0 Å². The molecule has 110 valence electrons. The van der Waals surface area contributed by atoms with Gasteiger partial charge in [-0.15, -0.1) is 0 Å². The van der Waals surface area contributed by atoms with E-state index in [4.69, 9.17) is 27.9 Å². The second-order valence-corrected chi connectivity index (χ2v) is 6.22. The molecule has 0 N–H and O–H groups in total. The van der Waals surface area contributed by atoms with Crippen molar-refractivity contribution in [2.45, 2.75) is 32.5 Å². The van der Waals surface area contributed by atoms with Gasteiger partial charge in [0, 0.05) is 16.8 Å². The second-order valence-electron chi connectivity index (χ2n) is 5.38. The summed E-state index contributed by atoms with van der Waals surface area (Å²) < 4.78 is 6.05. The van der Waals surface area contributed by atoms with Crippen LogP contribution in [0.2, 0.25) is 10.0 Å². The lowest BCUT2D eigenvalue weighted by molar-refractivity contribution is 0.208. The van der Waals surface area contributed by atoms with Crippen LogP contribution >= 0.6 is 23.2 Å². The maximum Gasteiger partial charge on any atom is 0.169 e. The van der Waals surface area contributed by atoms with E-state index in [2.05, 4.69) is 36.1 Å². The summed E-state index contributed by atoms with van der Waals surface area (Å²) in [6.07, 6.45) is 0.945. The quantitative estimate of drug-likeness (QED) is 0.773. The average Bonchev–Trinajstić information content (AvgIpc) is 2.77. The molecule has 1 heterocycles. The lowest BCUT2D eigenvalue weighted by atomic mass is 10.1. The van der Waals surface area contributed by atoms with Crippen molar-refractivity contribution >= 4 is 28.9 Å². The highest BCUT2D eigenvalue weighted by Gasteiger charge is 2.30. The molecule has 2 unspecified atom stereocenters. The van der Waals surface area contributed by atoms with Gasteiger partial charge in [-0.25, -0.2) is 0 Å². The molecule has 3 rings (SSSR count). The number of benzene rings is 2. The summed E-state index contributed by atoms with van der Waals surface area (Å²) in [5.41, 5.74) is 2.60. The monoisotopic (exact) mass is 321 g/mol. The average molecular weight is 322 g/mol. The second kappa shape index (κ2) is 5.78. The number of hydrogen-bond donors (Lipinski definition) is 0. The first kappa shape index (κ1) is 14.6. The topological polar surface area (TPSA) is 12.5 Å². The van der Waals surface area contributed by atoms with Crippen molar-refractivity contribution in [1.82, 2.24) is 0 Å². The molecule has 2 atom stereocenters. The van der Waals surface area contributed by atoms with E-state index in [9.17, 15) is 0 Å². The summed E-state index contributed by atoms with van der Waals surface area (Å²) in [4.78, 5) is 2.29.